The van der Waals surface area contributed by atoms with E-state index in [0.717, 1.165) is 13.7 Å². The predicted molar refractivity (Wildman–Crippen MR) is 89.0 cm³/mol. The third kappa shape index (κ3) is 3.67. The normalized spacial score (nSPS) is 10.3. The predicted octanol–water partition coefficient (Wildman–Crippen LogP) is 4.65. The average molecular weight is 498 g/mol. The summed E-state index contributed by atoms with van der Waals surface area (Å²) >= 11 is 8.84. The molecule has 2 rings (SSSR count). The van der Waals surface area contributed by atoms with Crippen molar-refractivity contribution in [1.29, 1.82) is 0 Å². The summed E-state index contributed by atoms with van der Waals surface area (Å²) in [5.74, 6) is -0.718. The van der Waals surface area contributed by atoms with E-state index in [4.69, 9.17) is 5.11 Å². The molecule has 0 aliphatic heterocycles. The molecule has 2 aromatic rings. The molecule has 0 amide bonds. The van der Waals surface area contributed by atoms with Crippen molar-refractivity contribution in [3.8, 4) is 0 Å². The molecular weight excluding hydrogens is 491 g/mol. The highest BCUT2D eigenvalue weighted by Crippen LogP contribution is 2.26. The minimum Gasteiger partial charge on any atom is -0.478 e. The van der Waals surface area contributed by atoms with Crippen LogP contribution in [0.1, 0.15) is 10.4 Å². The van der Waals surface area contributed by atoms with E-state index >= 15 is 0 Å². The SMILES string of the molecule is O=C(O)c1cc(Br)cnc1Nc1ccc(I)c(Br)c1. The molecule has 4 nitrogen and oxygen atoms in total. The standard InChI is InChI=1S/C12H7Br2IN2O2/c13-6-3-8(12(18)19)11(16-5-6)17-7-1-2-10(15)9(14)4-7/h1-5H,(H,16,17)(H,18,19). The molecule has 7 heteroatoms. The third-order valence-corrected chi connectivity index (χ3v) is 5.04. The summed E-state index contributed by atoms with van der Waals surface area (Å²) in [6, 6.07) is 7.17. The highest BCUT2D eigenvalue weighted by atomic mass is 127. The molecule has 1 aromatic carbocycles. The minimum atomic E-state index is -1.03. The van der Waals surface area contributed by atoms with E-state index in [1.165, 1.54) is 6.07 Å². The van der Waals surface area contributed by atoms with Crippen LogP contribution in [-0.4, -0.2) is 16.1 Å². The molecular formula is C12H7Br2IN2O2. The summed E-state index contributed by atoms with van der Waals surface area (Å²) in [7, 11) is 0. The van der Waals surface area contributed by atoms with Crippen LogP contribution in [0.25, 0.3) is 0 Å². The Hall–Kier alpha value is -0.670. The number of carbonyl (C=O) groups is 1. The summed E-state index contributed by atoms with van der Waals surface area (Å²) in [5, 5.41) is 12.2. The number of nitrogens with one attached hydrogen (secondary N) is 1. The fourth-order valence-corrected chi connectivity index (χ4v) is 2.46. The van der Waals surface area contributed by atoms with E-state index in [-0.39, 0.29) is 5.56 Å². The van der Waals surface area contributed by atoms with Crippen molar-refractivity contribution in [3.05, 3.63) is 48.5 Å². The summed E-state index contributed by atoms with van der Waals surface area (Å²) in [6.45, 7) is 0. The summed E-state index contributed by atoms with van der Waals surface area (Å²) in [4.78, 5) is 15.3. The maximum Gasteiger partial charge on any atom is 0.339 e. The van der Waals surface area contributed by atoms with Gasteiger partial charge >= 0.3 is 5.97 Å². The van der Waals surface area contributed by atoms with Crippen LogP contribution in [0.2, 0.25) is 0 Å². The van der Waals surface area contributed by atoms with E-state index in [1.54, 1.807) is 6.20 Å². The van der Waals surface area contributed by atoms with Gasteiger partial charge in [0.2, 0.25) is 0 Å². The number of nitrogens with zero attached hydrogens (tertiary/aromatic N) is 1. The van der Waals surface area contributed by atoms with Crippen molar-refractivity contribution in [3.63, 3.8) is 0 Å². The lowest BCUT2D eigenvalue weighted by atomic mass is 10.2. The molecule has 0 spiro atoms. The Morgan fingerprint density at radius 1 is 1.32 bits per heavy atom. The van der Waals surface area contributed by atoms with Gasteiger partial charge in [-0.15, -0.1) is 0 Å². The first-order chi connectivity index (χ1) is 8.97. The van der Waals surface area contributed by atoms with Crippen molar-refractivity contribution in [2.45, 2.75) is 0 Å². The number of hydrogen-bond donors (Lipinski definition) is 2. The van der Waals surface area contributed by atoms with Crippen molar-refractivity contribution in [2.75, 3.05) is 5.32 Å². The third-order valence-electron chi connectivity index (χ3n) is 2.27. The fourth-order valence-electron chi connectivity index (χ4n) is 1.41. The number of hydrogen-bond acceptors (Lipinski definition) is 3. The van der Waals surface area contributed by atoms with Crippen molar-refractivity contribution in [2.24, 2.45) is 0 Å². The van der Waals surface area contributed by atoms with Gasteiger partial charge in [-0.25, -0.2) is 9.78 Å². The molecule has 0 aliphatic rings. The Balaban J connectivity index is 2.37. The first-order valence-electron chi connectivity index (χ1n) is 5.08. The second-order valence-corrected chi connectivity index (χ2v) is 6.54. The second-order valence-electron chi connectivity index (χ2n) is 3.61. The van der Waals surface area contributed by atoms with Crippen LogP contribution >= 0.6 is 54.5 Å². The molecule has 98 valence electrons. The van der Waals surface area contributed by atoms with Gasteiger partial charge in [0.1, 0.15) is 11.4 Å². The quantitative estimate of drug-likeness (QED) is 0.606. The number of benzene rings is 1. The molecule has 1 aromatic heterocycles. The van der Waals surface area contributed by atoms with Crippen molar-refractivity contribution < 1.29 is 9.90 Å². The fraction of sp³-hybridized carbons (Fsp3) is 0. The Labute approximate surface area is 140 Å². The van der Waals surface area contributed by atoms with Crippen LogP contribution in [0, 0.1) is 3.57 Å². The van der Waals surface area contributed by atoms with Gasteiger partial charge in [-0.05, 0) is 78.7 Å². The van der Waals surface area contributed by atoms with Gasteiger partial charge in [0.15, 0.2) is 0 Å². The van der Waals surface area contributed by atoms with Crippen LogP contribution in [0.3, 0.4) is 0 Å². The van der Waals surface area contributed by atoms with Gasteiger partial charge in [-0.3, -0.25) is 0 Å². The molecule has 0 aliphatic carbocycles. The molecule has 2 N–H and O–H groups in total. The molecule has 0 atom stereocenters. The van der Waals surface area contributed by atoms with Gasteiger partial charge in [-0.1, -0.05) is 0 Å². The number of carboxylic acid groups (broad SMARTS) is 1. The van der Waals surface area contributed by atoms with Gasteiger partial charge in [-0.2, -0.15) is 0 Å². The Kier molecular flexibility index (Phi) is 4.80. The van der Waals surface area contributed by atoms with Gasteiger partial charge in [0.25, 0.3) is 0 Å². The number of aromatic carboxylic acids is 1. The number of halogens is 3. The Morgan fingerprint density at radius 3 is 2.68 bits per heavy atom. The lowest BCUT2D eigenvalue weighted by Crippen LogP contribution is -2.05. The monoisotopic (exact) mass is 496 g/mol. The van der Waals surface area contributed by atoms with Crippen molar-refractivity contribution >= 4 is 71.9 Å². The van der Waals surface area contributed by atoms with Crippen molar-refractivity contribution in [1.82, 2.24) is 4.98 Å². The van der Waals surface area contributed by atoms with Crippen LogP contribution in [0.5, 0.6) is 0 Å². The van der Waals surface area contributed by atoms with Crippen LogP contribution in [0.15, 0.2) is 39.4 Å². The lowest BCUT2D eigenvalue weighted by molar-refractivity contribution is 0.0697. The molecule has 0 fully saturated rings. The van der Waals surface area contributed by atoms with E-state index in [1.807, 2.05) is 18.2 Å². The highest BCUT2D eigenvalue weighted by molar-refractivity contribution is 14.1. The topological polar surface area (TPSA) is 62.2 Å². The summed E-state index contributed by atoms with van der Waals surface area (Å²) in [5.41, 5.74) is 0.883. The maximum atomic E-state index is 11.2. The minimum absolute atomic E-state index is 0.115. The molecule has 19 heavy (non-hydrogen) atoms. The van der Waals surface area contributed by atoms with E-state index in [2.05, 4.69) is 64.8 Å². The number of aromatic nitrogens is 1. The van der Waals surface area contributed by atoms with E-state index in [9.17, 15) is 4.79 Å². The number of pyridine rings is 1. The zero-order valence-electron chi connectivity index (χ0n) is 9.32. The molecule has 0 unspecified atom stereocenters. The van der Waals surface area contributed by atoms with Gasteiger partial charge in [0.05, 0.1) is 0 Å². The Bertz CT molecular complexity index is 650. The Morgan fingerprint density at radius 2 is 2.05 bits per heavy atom. The zero-order valence-corrected chi connectivity index (χ0v) is 14.7. The highest BCUT2D eigenvalue weighted by Gasteiger charge is 2.12. The molecule has 1 heterocycles. The smallest absolute Gasteiger partial charge is 0.339 e. The van der Waals surface area contributed by atoms with E-state index < -0.39 is 5.97 Å². The molecule has 0 radical (unpaired) electrons. The van der Waals surface area contributed by atoms with Crippen LogP contribution < -0.4 is 5.32 Å². The van der Waals surface area contributed by atoms with Gasteiger partial charge < -0.3 is 10.4 Å². The molecule has 0 saturated carbocycles. The first kappa shape index (κ1) is 14.7. The summed E-state index contributed by atoms with van der Waals surface area (Å²) in [6.07, 6.45) is 1.55. The van der Waals surface area contributed by atoms with Crippen LogP contribution in [-0.2, 0) is 0 Å². The molecule has 0 bridgehead atoms. The number of carboxylic acids is 1. The van der Waals surface area contributed by atoms with Gasteiger partial charge in [0, 0.05) is 24.4 Å². The summed E-state index contributed by atoms with van der Waals surface area (Å²) < 4.78 is 2.64. The van der Waals surface area contributed by atoms with E-state index in [0.29, 0.717) is 10.3 Å². The number of anilines is 2. The average Bonchev–Trinajstić information content (AvgIpc) is 2.36. The largest absolute Gasteiger partial charge is 0.478 e. The van der Waals surface area contributed by atoms with Crippen LogP contribution in [0.4, 0.5) is 11.5 Å². The second kappa shape index (κ2) is 6.19. The lowest BCUT2D eigenvalue weighted by Gasteiger charge is -2.09. The maximum absolute atomic E-state index is 11.2. The molecule has 0 saturated heterocycles. The number of rotatable bonds is 3. The first-order valence-corrected chi connectivity index (χ1v) is 7.75. The zero-order chi connectivity index (χ0) is 14.0.